The summed E-state index contributed by atoms with van der Waals surface area (Å²) in [7, 11) is 1.87. The van der Waals surface area contributed by atoms with Crippen LogP contribution < -0.4 is 5.32 Å². The van der Waals surface area contributed by atoms with Gasteiger partial charge in [-0.05, 0) is 23.4 Å². The molecule has 1 aromatic carbocycles. The second-order valence-corrected chi connectivity index (χ2v) is 2.94. The first-order chi connectivity index (χ1) is 6.83. The number of nitrogens with one attached hydrogen (secondary N) is 1. The SMILES string of the molecule is C=C(/C=C\NC)/C=C/c1ccccc1. The van der Waals surface area contributed by atoms with Crippen molar-refractivity contribution in [1.82, 2.24) is 5.32 Å². The van der Waals surface area contributed by atoms with Crippen LogP contribution in [0.1, 0.15) is 5.56 Å². The fourth-order valence-electron chi connectivity index (χ4n) is 1.01. The lowest BCUT2D eigenvalue weighted by Crippen LogP contribution is -1.90. The number of rotatable bonds is 4. The van der Waals surface area contributed by atoms with Gasteiger partial charge in [0.1, 0.15) is 0 Å². The minimum absolute atomic E-state index is 0.975. The molecule has 0 aliphatic heterocycles. The zero-order valence-electron chi connectivity index (χ0n) is 8.40. The predicted molar refractivity (Wildman–Crippen MR) is 62.8 cm³/mol. The summed E-state index contributed by atoms with van der Waals surface area (Å²) in [5.74, 6) is 0. The molecule has 1 N–H and O–H groups in total. The molecular weight excluding hydrogens is 170 g/mol. The Bertz CT molecular complexity index is 334. The molecule has 1 aromatic rings. The first kappa shape index (κ1) is 10.3. The molecule has 1 nitrogen and oxygen atoms in total. The van der Waals surface area contributed by atoms with E-state index < -0.39 is 0 Å². The quantitative estimate of drug-likeness (QED) is 0.711. The largest absolute Gasteiger partial charge is 0.394 e. The molecule has 0 bridgehead atoms. The third kappa shape index (κ3) is 3.76. The maximum atomic E-state index is 3.89. The van der Waals surface area contributed by atoms with Crippen LogP contribution in [-0.4, -0.2) is 7.05 Å². The highest BCUT2D eigenvalue weighted by molar-refractivity contribution is 5.53. The Hall–Kier alpha value is -1.76. The van der Waals surface area contributed by atoms with E-state index in [0.29, 0.717) is 0 Å². The molecule has 0 fully saturated rings. The topological polar surface area (TPSA) is 12.0 Å². The molecule has 72 valence electrons. The van der Waals surface area contributed by atoms with Crippen molar-refractivity contribution < 1.29 is 0 Å². The van der Waals surface area contributed by atoms with Gasteiger partial charge in [0.05, 0.1) is 0 Å². The Morgan fingerprint density at radius 2 is 1.93 bits per heavy atom. The van der Waals surface area contributed by atoms with Gasteiger partial charge in [0, 0.05) is 7.05 Å². The number of benzene rings is 1. The fraction of sp³-hybridized carbons (Fsp3) is 0.0769. The number of hydrogen-bond acceptors (Lipinski definition) is 1. The lowest BCUT2D eigenvalue weighted by atomic mass is 10.2. The summed E-state index contributed by atoms with van der Waals surface area (Å²) < 4.78 is 0. The Balaban J connectivity index is 2.56. The van der Waals surface area contributed by atoms with Crippen molar-refractivity contribution in [1.29, 1.82) is 0 Å². The predicted octanol–water partition coefficient (Wildman–Crippen LogP) is 2.99. The summed E-state index contributed by atoms with van der Waals surface area (Å²) >= 11 is 0. The van der Waals surface area contributed by atoms with Crippen LogP contribution in [0.4, 0.5) is 0 Å². The van der Waals surface area contributed by atoms with Crippen molar-refractivity contribution in [2.75, 3.05) is 7.05 Å². The molecule has 0 atom stereocenters. The summed E-state index contributed by atoms with van der Waals surface area (Å²) in [4.78, 5) is 0. The lowest BCUT2D eigenvalue weighted by molar-refractivity contribution is 1.10. The molecular formula is C13H15N. The van der Waals surface area contributed by atoms with E-state index in [1.165, 1.54) is 5.56 Å². The van der Waals surface area contributed by atoms with Gasteiger partial charge in [-0.25, -0.2) is 0 Å². The van der Waals surface area contributed by atoms with Gasteiger partial charge < -0.3 is 5.32 Å². The van der Waals surface area contributed by atoms with Crippen LogP contribution in [0.5, 0.6) is 0 Å². The van der Waals surface area contributed by atoms with E-state index in [9.17, 15) is 0 Å². The van der Waals surface area contributed by atoms with Crippen LogP contribution in [-0.2, 0) is 0 Å². The highest BCUT2D eigenvalue weighted by atomic mass is 14.8. The molecule has 14 heavy (non-hydrogen) atoms. The summed E-state index contributed by atoms with van der Waals surface area (Å²) in [5.41, 5.74) is 2.16. The highest BCUT2D eigenvalue weighted by Gasteiger charge is 1.83. The van der Waals surface area contributed by atoms with Crippen molar-refractivity contribution in [3.05, 3.63) is 66.4 Å². The van der Waals surface area contributed by atoms with E-state index in [4.69, 9.17) is 0 Å². The van der Waals surface area contributed by atoms with Crippen molar-refractivity contribution in [2.45, 2.75) is 0 Å². The van der Waals surface area contributed by atoms with Gasteiger partial charge in [-0.3, -0.25) is 0 Å². The zero-order valence-corrected chi connectivity index (χ0v) is 8.40. The monoisotopic (exact) mass is 185 g/mol. The fourth-order valence-corrected chi connectivity index (χ4v) is 1.01. The Morgan fingerprint density at radius 3 is 2.57 bits per heavy atom. The normalized spacial score (nSPS) is 10.9. The maximum Gasteiger partial charge on any atom is 0.00277 e. The van der Waals surface area contributed by atoms with E-state index in [2.05, 4.69) is 24.0 Å². The molecule has 0 amide bonds. The molecule has 1 rings (SSSR count). The molecule has 0 aliphatic rings. The summed E-state index contributed by atoms with van der Waals surface area (Å²) in [5, 5.41) is 2.92. The lowest BCUT2D eigenvalue weighted by Gasteiger charge is -1.92. The van der Waals surface area contributed by atoms with Crippen LogP contribution in [0.2, 0.25) is 0 Å². The van der Waals surface area contributed by atoms with E-state index in [-0.39, 0.29) is 0 Å². The molecule has 0 saturated heterocycles. The molecule has 0 aromatic heterocycles. The molecule has 0 heterocycles. The second kappa shape index (κ2) is 5.81. The Labute approximate surface area is 85.5 Å². The standard InChI is InChI=1S/C13H15N/c1-12(10-11-14-2)8-9-13-6-4-3-5-7-13/h3-11,14H,1H2,2H3/b9-8+,11-10-. The van der Waals surface area contributed by atoms with E-state index in [1.807, 2.05) is 49.7 Å². The molecule has 0 unspecified atom stereocenters. The van der Waals surface area contributed by atoms with Gasteiger partial charge in [0.2, 0.25) is 0 Å². The second-order valence-electron chi connectivity index (χ2n) is 2.94. The summed E-state index contributed by atoms with van der Waals surface area (Å²) in [6.45, 7) is 3.89. The van der Waals surface area contributed by atoms with Gasteiger partial charge >= 0.3 is 0 Å². The van der Waals surface area contributed by atoms with Gasteiger partial charge in [-0.2, -0.15) is 0 Å². The first-order valence-electron chi connectivity index (χ1n) is 4.59. The smallest absolute Gasteiger partial charge is 0.00277 e. The third-order valence-electron chi connectivity index (χ3n) is 1.75. The Kier molecular flexibility index (Phi) is 4.29. The van der Waals surface area contributed by atoms with E-state index in [1.54, 1.807) is 0 Å². The highest BCUT2D eigenvalue weighted by Crippen LogP contribution is 2.04. The molecule has 0 radical (unpaired) electrons. The van der Waals surface area contributed by atoms with E-state index >= 15 is 0 Å². The van der Waals surface area contributed by atoms with Gasteiger partial charge in [0.15, 0.2) is 0 Å². The average molecular weight is 185 g/mol. The molecule has 0 aliphatic carbocycles. The molecule has 0 saturated carbocycles. The van der Waals surface area contributed by atoms with Crippen LogP contribution in [0, 0.1) is 0 Å². The number of allylic oxidation sites excluding steroid dienone is 3. The first-order valence-corrected chi connectivity index (χ1v) is 4.59. The minimum Gasteiger partial charge on any atom is -0.394 e. The van der Waals surface area contributed by atoms with Crippen molar-refractivity contribution in [3.8, 4) is 0 Å². The Morgan fingerprint density at radius 1 is 1.21 bits per heavy atom. The van der Waals surface area contributed by atoms with E-state index in [0.717, 1.165) is 5.57 Å². The molecule has 1 heteroatoms. The minimum atomic E-state index is 0.975. The molecule has 0 spiro atoms. The summed E-state index contributed by atoms with van der Waals surface area (Å²) in [6.07, 6.45) is 7.82. The van der Waals surface area contributed by atoms with Gasteiger partial charge in [-0.1, -0.05) is 49.1 Å². The van der Waals surface area contributed by atoms with Gasteiger partial charge in [-0.15, -0.1) is 0 Å². The number of hydrogen-bond donors (Lipinski definition) is 1. The van der Waals surface area contributed by atoms with Crippen LogP contribution in [0.3, 0.4) is 0 Å². The van der Waals surface area contributed by atoms with Crippen molar-refractivity contribution in [2.24, 2.45) is 0 Å². The van der Waals surface area contributed by atoms with Crippen LogP contribution in [0.15, 0.2) is 60.8 Å². The van der Waals surface area contributed by atoms with Crippen LogP contribution in [0.25, 0.3) is 6.08 Å². The van der Waals surface area contributed by atoms with Crippen molar-refractivity contribution in [3.63, 3.8) is 0 Å². The zero-order chi connectivity index (χ0) is 10.2. The average Bonchev–Trinajstić information content (AvgIpc) is 2.25. The maximum absolute atomic E-state index is 3.89. The third-order valence-corrected chi connectivity index (χ3v) is 1.75. The van der Waals surface area contributed by atoms with Gasteiger partial charge in [0.25, 0.3) is 0 Å². The van der Waals surface area contributed by atoms with Crippen molar-refractivity contribution >= 4 is 6.08 Å². The van der Waals surface area contributed by atoms with Crippen LogP contribution >= 0.6 is 0 Å². The summed E-state index contributed by atoms with van der Waals surface area (Å²) in [6, 6.07) is 10.2.